The maximum Gasteiger partial charge on any atom is 0.254 e. The lowest BCUT2D eigenvalue weighted by atomic mass is 10.1. The number of morpholine rings is 1. The minimum absolute atomic E-state index is 0.111. The number of carbonyl (C=O) groups is 1. The molecule has 2 aliphatic heterocycles. The maximum absolute atomic E-state index is 13.0. The molecule has 1 aromatic carbocycles. The second-order valence-corrected chi connectivity index (χ2v) is 7.24. The molecule has 0 N–H and O–H groups in total. The average Bonchev–Trinajstić information content (AvgIpc) is 2.91. The van der Waals surface area contributed by atoms with Crippen LogP contribution >= 0.6 is 0 Å². The Morgan fingerprint density at radius 2 is 1.74 bits per heavy atom. The summed E-state index contributed by atoms with van der Waals surface area (Å²) in [4.78, 5) is 26.8. The molecule has 0 spiro atoms. The molecule has 1 fully saturated rings. The van der Waals surface area contributed by atoms with E-state index in [0.717, 1.165) is 67.6 Å². The molecule has 0 saturated carbocycles. The van der Waals surface area contributed by atoms with Gasteiger partial charge in [0.05, 0.1) is 18.9 Å². The molecule has 4 rings (SSSR count). The third-order valence-electron chi connectivity index (χ3n) is 5.49. The van der Waals surface area contributed by atoms with E-state index < -0.39 is 0 Å². The first-order valence-electron chi connectivity index (χ1n) is 9.67. The van der Waals surface area contributed by atoms with Crippen LogP contribution in [0.25, 0.3) is 0 Å². The van der Waals surface area contributed by atoms with Gasteiger partial charge >= 0.3 is 0 Å². The van der Waals surface area contributed by atoms with Crippen LogP contribution < -0.4 is 4.90 Å². The van der Waals surface area contributed by atoms with Gasteiger partial charge in [0.15, 0.2) is 0 Å². The third-order valence-corrected chi connectivity index (χ3v) is 5.49. The molecule has 1 amide bonds. The highest BCUT2D eigenvalue weighted by Crippen LogP contribution is 2.22. The van der Waals surface area contributed by atoms with E-state index in [4.69, 9.17) is 14.7 Å². The second-order valence-electron chi connectivity index (χ2n) is 7.24. The van der Waals surface area contributed by atoms with Crippen molar-refractivity contribution in [1.29, 1.82) is 0 Å². The number of fused-ring (bicyclic) bond motifs is 1. The Hall–Kier alpha value is -2.47. The fraction of sp³-hybridized carbons (Fsp3) is 0.476. The van der Waals surface area contributed by atoms with Crippen LogP contribution in [0.2, 0.25) is 0 Å². The van der Waals surface area contributed by atoms with Crippen molar-refractivity contribution < 1.29 is 9.53 Å². The van der Waals surface area contributed by atoms with Crippen LogP contribution in [0, 0.1) is 13.8 Å². The molecule has 0 bridgehead atoms. The number of carbonyl (C=O) groups excluding carboxylic acids is 1. The van der Waals surface area contributed by atoms with Gasteiger partial charge in [-0.15, -0.1) is 0 Å². The third kappa shape index (κ3) is 3.67. The number of nitrogens with zero attached hydrogens (tertiary/aromatic N) is 4. The number of aryl methyl sites for hydroxylation is 2. The largest absolute Gasteiger partial charge is 0.378 e. The van der Waals surface area contributed by atoms with E-state index in [-0.39, 0.29) is 5.91 Å². The van der Waals surface area contributed by atoms with Gasteiger partial charge in [-0.05, 0) is 37.5 Å². The summed E-state index contributed by atoms with van der Waals surface area (Å²) in [6, 6.07) is 7.80. The van der Waals surface area contributed by atoms with E-state index in [1.807, 2.05) is 36.1 Å². The van der Waals surface area contributed by atoms with Crippen LogP contribution in [0.3, 0.4) is 0 Å². The van der Waals surface area contributed by atoms with Crippen LogP contribution in [-0.4, -0.2) is 60.2 Å². The summed E-state index contributed by atoms with van der Waals surface area (Å²) in [5.74, 6) is 0.910. The Labute approximate surface area is 160 Å². The molecule has 1 aromatic heterocycles. The SMILES string of the molecule is Cc1ccccc1C(=O)N1CCc2nc(N3CCOCC3)nc(C)c2CC1. The second kappa shape index (κ2) is 7.64. The fourth-order valence-electron chi connectivity index (χ4n) is 3.86. The summed E-state index contributed by atoms with van der Waals surface area (Å²) in [6.45, 7) is 8.55. The molecule has 1 saturated heterocycles. The summed E-state index contributed by atoms with van der Waals surface area (Å²) in [7, 11) is 0. The van der Waals surface area contributed by atoms with E-state index in [2.05, 4.69) is 11.8 Å². The normalized spacial score (nSPS) is 17.4. The molecular formula is C21H26N4O2. The highest BCUT2D eigenvalue weighted by molar-refractivity contribution is 5.95. The molecule has 0 aliphatic carbocycles. The van der Waals surface area contributed by atoms with Gasteiger partial charge in [-0.2, -0.15) is 0 Å². The Morgan fingerprint density at radius 1 is 1.00 bits per heavy atom. The van der Waals surface area contributed by atoms with Crippen molar-refractivity contribution >= 4 is 11.9 Å². The van der Waals surface area contributed by atoms with Crippen molar-refractivity contribution in [3.63, 3.8) is 0 Å². The number of hydrogen-bond donors (Lipinski definition) is 0. The standard InChI is InChI=1S/C21H26N4O2/c1-15-5-3-4-6-17(15)20(26)24-9-7-18-16(2)22-21(23-19(18)8-10-24)25-11-13-27-14-12-25/h3-6H,7-14H2,1-2H3. The molecule has 142 valence electrons. The van der Waals surface area contributed by atoms with Crippen LogP contribution in [0.1, 0.15) is 32.9 Å². The monoisotopic (exact) mass is 366 g/mol. The van der Waals surface area contributed by atoms with E-state index in [9.17, 15) is 4.79 Å². The van der Waals surface area contributed by atoms with Gasteiger partial charge in [-0.3, -0.25) is 4.79 Å². The van der Waals surface area contributed by atoms with Gasteiger partial charge in [0.2, 0.25) is 5.95 Å². The highest BCUT2D eigenvalue weighted by Gasteiger charge is 2.24. The van der Waals surface area contributed by atoms with Crippen molar-refractivity contribution in [3.05, 3.63) is 52.3 Å². The lowest BCUT2D eigenvalue weighted by Crippen LogP contribution is -2.37. The minimum atomic E-state index is 0.111. The topological polar surface area (TPSA) is 58.6 Å². The molecule has 0 radical (unpaired) electrons. The highest BCUT2D eigenvalue weighted by atomic mass is 16.5. The summed E-state index contributed by atoms with van der Waals surface area (Å²) in [6.07, 6.45) is 1.58. The minimum Gasteiger partial charge on any atom is -0.378 e. The first-order chi connectivity index (χ1) is 13.1. The van der Waals surface area contributed by atoms with Gasteiger partial charge in [0, 0.05) is 43.9 Å². The number of benzene rings is 1. The number of hydrogen-bond acceptors (Lipinski definition) is 5. The predicted molar refractivity (Wildman–Crippen MR) is 104 cm³/mol. The van der Waals surface area contributed by atoms with Crippen LogP contribution in [0.4, 0.5) is 5.95 Å². The van der Waals surface area contributed by atoms with Crippen molar-refractivity contribution in [3.8, 4) is 0 Å². The van der Waals surface area contributed by atoms with Gasteiger partial charge < -0.3 is 14.5 Å². The molecule has 27 heavy (non-hydrogen) atoms. The molecule has 6 heteroatoms. The average molecular weight is 366 g/mol. The molecule has 2 aromatic rings. The zero-order valence-corrected chi connectivity index (χ0v) is 16.1. The molecule has 2 aliphatic rings. The van der Waals surface area contributed by atoms with Gasteiger partial charge in [0.1, 0.15) is 0 Å². The van der Waals surface area contributed by atoms with Crippen LogP contribution in [-0.2, 0) is 17.6 Å². The lowest BCUT2D eigenvalue weighted by molar-refractivity contribution is 0.0762. The molecule has 3 heterocycles. The van der Waals surface area contributed by atoms with Crippen molar-refractivity contribution in [2.24, 2.45) is 0 Å². The van der Waals surface area contributed by atoms with E-state index in [1.54, 1.807) is 0 Å². The maximum atomic E-state index is 13.0. The number of anilines is 1. The first kappa shape index (κ1) is 17.9. The molecular weight excluding hydrogens is 340 g/mol. The number of aromatic nitrogens is 2. The summed E-state index contributed by atoms with van der Waals surface area (Å²) in [5, 5.41) is 0. The Bertz CT molecular complexity index is 846. The molecule has 6 nitrogen and oxygen atoms in total. The Balaban J connectivity index is 1.55. The first-order valence-corrected chi connectivity index (χ1v) is 9.67. The van der Waals surface area contributed by atoms with Gasteiger partial charge in [-0.25, -0.2) is 9.97 Å². The van der Waals surface area contributed by atoms with E-state index in [0.29, 0.717) is 13.1 Å². The summed E-state index contributed by atoms with van der Waals surface area (Å²) in [5.41, 5.74) is 5.14. The van der Waals surface area contributed by atoms with Crippen molar-refractivity contribution in [2.45, 2.75) is 26.7 Å². The van der Waals surface area contributed by atoms with E-state index in [1.165, 1.54) is 5.56 Å². The fourth-order valence-corrected chi connectivity index (χ4v) is 3.86. The summed E-state index contributed by atoms with van der Waals surface area (Å²) < 4.78 is 5.43. The Morgan fingerprint density at radius 3 is 2.52 bits per heavy atom. The summed E-state index contributed by atoms with van der Waals surface area (Å²) >= 11 is 0. The zero-order chi connectivity index (χ0) is 18.8. The number of rotatable bonds is 2. The van der Waals surface area contributed by atoms with Crippen molar-refractivity contribution in [2.75, 3.05) is 44.3 Å². The molecule has 0 atom stereocenters. The van der Waals surface area contributed by atoms with Crippen LogP contribution in [0.5, 0.6) is 0 Å². The number of amides is 1. The predicted octanol–water partition coefficient (Wildman–Crippen LogP) is 2.17. The zero-order valence-electron chi connectivity index (χ0n) is 16.1. The van der Waals surface area contributed by atoms with E-state index >= 15 is 0 Å². The quantitative estimate of drug-likeness (QED) is 0.815. The Kier molecular flexibility index (Phi) is 5.07. The van der Waals surface area contributed by atoms with Gasteiger partial charge in [-0.1, -0.05) is 18.2 Å². The van der Waals surface area contributed by atoms with Gasteiger partial charge in [0.25, 0.3) is 5.91 Å². The molecule has 0 unspecified atom stereocenters. The van der Waals surface area contributed by atoms with Crippen molar-refractivity contribution in [1.82, 2.24) is 14.9 Å². The smallest absolute Gasteiger partial charge is 0.254 e. The van der Waals surface area contributed by atoms with Crippen LogP contribution in [0.15, 0.2) is 24.3 Å². The number of ether oxygens (including phenoxy) is 1. The lowest BCUT2D eigenvalue weighted by Gasteiger charge is -2.27.